The van der Waals surface area contributed by atoms with Gasteiger partial charge in [-0.3, -0.25) is 9.59 Å². The van der Waals surface area contributed by atoms with Crippen LogP contribution in [0.3, 0.4) is 0 Å². The number of carbonyl (C=O) groups excluding carboxylic acids is 2. The lowest BCUT2D eigenvalue weighted by molar-refractivity contribution is -0.149. The Labute approximate surface area is 213 Å². The topological polar surface area (TPSA) is 85.2 Å². The quantitative estimate of drug-likeness (QED) is 0.328. The van der Waals surface area contributed by atoms with Crippen LogP contribution in [0.15, 0.2) is 52.2 Å². The van der Waals surface area contributed by atoms with Crippen LogP contribution in [0.4, 0.5) is 0 Å². The van der Waals surface area contributed by atoms with Gasteiger partial charge in [-0.1, -0.05) is 41.9 Å². The Hall–Kier alpha value is -2.57. The summed E-state index contributed by atoms with van der Waals surface area (Å²) >= 11 is 0. The van der Waals surface area contributed by atoms with Crippen LogP contribution in [0.1, 0.15) is 75.8 Å². The van der Waals surface area contributed by atoms with Gasteiger partial charge in [0, 0.05) is 44.5 Å². The largest absolute Gasteiger partial charge is 0.410 e. The van der Waals surface area contributed by atoms with Crippen LogP contribution in [-0.4, -0.2) is 48.9 Å². The van der Waals surface area contributed by atoms with Crippen LogP contribution in [0.5, 0.6) is 0 Å². The molecule has 0 unspecified atom stereocenters. The van der Waals surface area contributed by atoms with Gasteiger partial charge in [0.25, 0.3) is 0 Å². The van der Waals surface area contributed by atoms with Crippen molar-refractivity contribution in [2.24, 2.45) is 22.4 Å². The number of hydrogen-bond acceptors (Lipinski definition) is 6. The van der Waals surface area contributed by atoms with E-state index in [1.807, 2.05) is 25.3 Å². The molecule has 192 valence electrons. The van der Waals surface area contributed by atoms with E-state index in [1.54, 1.807) is 7.11 Å². The first kappa shape index (κ1) is 25.1. The smallest absolute Gasteiger partial charge is 0.182 e. The van der Waals surface area contributed by atoms with Crippen molar-refractivity contribution in [3.05, 3.63) is 58.2 Å². The molecule has 0 aliphatic heterocycles. The SMILES string of the molecule is COC[C@]1(OC)CC[C@H]2[C@@H]3CCC4=CC(=O)CCC4=C3[C@@H](c3ccc(/C(=N\O)C(C)=O)cc3)C[C@@]21C. The minimum atomic E-state index is -0.329. The third-order valence-electron chi connectivity index (χ3n) is 9.81. The van der Waals surface area contributed by atoms with Gasteiger partial charge in [-0.25, -0.2) is 0 Å². The summed E-state index contributed by atoms with van der Waals surface area (Å²) in [5, 5.41) is 12.6. The van der Waals surface area contributed by atoms with Crippen LogP contribution in [0.2, 0.25) is 0 Å². The number of nitrogens with zero attached hydrogens (tertiary/aromatic N) is 1. The first-order valence-corrected chi connectivity index (χ1v) is 13.1. The fourth-order valence-corrected chi connectivity index (χ4v) is 8.11. The summed E-state index contributed by atoms with van der Waals surface area (Å²) in [6.07, 6.45) is 8.38. The molecule has 4 aliphatic rings. The monoisotopic (exact) mass is 491 g/mol. The molecular weight excluding hydrogens is 454 g/mol. The molecule has 2 saturated carbocycles. The Morgan fingerprint density at radius 3 is 2.53 bits per heavy atom. The minimum Gasteiger partial charge on any atom is -0.410 e. The van der Waals surface area contributed by atoms with Crippen molar-refractivity contribution in [2.45, 2.75) is 70.3 Å². The van der Waals surface area contributed by atoms with Crippen molar-refractivity contribution in [1.29, 1.82) is 0 Å². The Balaban J connectivity index is 1.64. The van der Waals surface area contributed by atoms with E-state index in [2.05, 4.69) is 24.2 Å². The molecular formula is C30H37NO5. The van der Waals surface area contributed by atoms with E-state index in [4.69, 9.17) is 9.47 Å². The van der Waals surface area contributed by atoms with E-state index in [0.717, 1.165) is 38.5 Å². The van der Waals surface area contributed by atoms with Gasteiger partial charge in [-0.15, -0.1) is 0 Å². The van der Waals surface area contributed by atoms with Crippen LogP contribution >= 0.6 is 0 Å². The van der Waals surface area contributed by atoms with Crippen molar-refractivity contribution in [2.75, 3.05) is 20.8 Å². The number of Topliss-reactive ketones (excluding diaryl/α,β-unsaturated/α-hetero) is 1. The van der Waals surface area contributed by atoms with E-state index in [1.165, 1.54) is 29.2 Å². The molecule has 0 amide bonds. The van der Waals surface area contributed by atoms with Crippen molar-refractivity contribution in [1.82, 2.24) is 0 Å². The number of oxime groups is 1. The molecule has 1 aromatic rings. The molecule has 36 heavy (non-hydrogen) atoms. The number of ketones is 2. The molecule has 5 rings (SSSR count). The molecule has 4 aliphatic carbocycles. The summed E-state index contributed by atoms with van der Waals surface area (Å²) in [6, 6.07) is 7.93. The maximum atomic E-state index is 12.3. The number of allylic oxidation sites excluding steroid dienone is 4. The highest BCUT2D eigenvalue weighted by molar-refractivity contribution is 6.45. The van der Waals surface area contributed by atoms with E-state index in [9.17, 15) is 14.8 Å². The summed E-state index contributed by atoms with van der Waals surface area (Å²) < 4.78 is 12.0. The Bertz CT molecular complexity index is 1160. The van der Waals surface area contributed by atoms with Crippen LogP contribution in [0.25, 0.3) is 0 Å². The van der Waals surface area contributed by atoms with Crippen molar-refractivity contribution in [3.8, 4) is 0 Å². The lowest BCUT2D eigenvalue weighted by Gasteiger charge is -2.55. The molecule has 6 nitrogen and oxygen atoms in total. The number of carbonyl (C=O) groups is 2. The van der Waals surface area contributed by atoms with E-state index >= 15 is 0 Å². The zero-order valence-corrected chi connectivity index (χ0v) is 21.8. The van der Waals surface area contributed by atoms with Gasteiger partial charge in [-0.05, 0) is 73.1 Å². The van der Waals surface area contributed by atoms with Crippen LogP contribution < -0.4 is 0 Å². The van der Waals surface area contributed by atoms with Gasteiger partial charge >= 0.3 is 0 Å². The second-order valence-corrected chi connectivity index (χ2v) is 11.3. The van der Waals surface area contributed by atoms with Gasteiger partial charge in [0.05, 0.1) is 12.2 Å². The van der Waals surface area contributed by atoms with Crippen LogP contribution in [0, 0.1) is 17.3 Å². The minimum absolute atomic E-state index is 0.0569. The first-order chi connectivity index (χ1) is 17.3. The van der Waals surface area contributed by atoms with Crippen molar-refractivity contribution in [3.63, 3.8) is 0 Å². The molecule has 0 aromatic heterocycles. The molecule has 0 spiro atoms. The zero-order chi connectivity index (χ0) is 25.7. The molecule has 1 N–H and O–H groups in total. The molecule has 2 fully saturated rings. The summed E-state index contributed by atoms with van der Waals surface area (Å²) in [5.41, 5.74) is 5.65. The summed E-state index contributed by atoms with van der Waals surface area (Å²) in [6.45, 7) is 4.38. The number of ether oxygens (including phenoxy) is 2. The van der Waals surface area contributed by atoms with Gasteiger partial charge in [0.1, 0.15) is 0 Å². The normalized spacial score (nSPS) is 34.1. The Morgan fingerprint density at radius 1 is 1.14 bits per heavy atom. The second-order valence-electron chi connectivity index (χ2n) is 11.3. The second kappa shape index (κ2) is 9.38. The van der Waals surface area contributed by atoms with E-state index < -0.39 is 0 Å². The number of hydrogen-bond donors (Lipinski definition) is 1. The molecule has 1 aromatic carbocycles. The zero-order valence-electron chi connectivity index (χ0n) is 21.8. The summed E-state index contributed by atoms with van der Waals surface area (Å²) in [5.74, 6) is 1.12. The highest BCUT2D eigenvalue weighted by Crippen LogP contribution is 2.67. The van der Waals surface area contributed by atoms with E-state index in [0.29, 0.717) is 30.4 Å². The molecule has 6 heteroatoms. The standard InChI is InChI=1S/C30H37NO5/c1-18(32)28(31-34)20-7-5-19(6-8-20)25-16-29(2)26(13-14-30(29,36-4)17-35-3)24-11-9-21-15-22(33)10-12-23(21)27(24)25/h5-8,15,24-26,34H,9-14,16-17H2,1-4H3/b31-28-/t24-,25+,26-,29-,30+/m0/s1. The summed E-state index contributed by atoms with van der Waals surface area (Å²) in [4.78, 5) is 24.2. The predicted molar refractivity (Wildman–Crippen MR) is 137 cm³/mol. The number of fused-ring (bicyclic) bond motifs is 4. The number of rotatable bonds is 6. The van der Waals surface area contributed by atoms with E-state index in [-0.39, 0.29) is 34.2 Å². The lowest BCUT2D eigenvalue weighted by Crippen LogP contribution is -2.54. The Morgan fingerprint density at radius 2 is 1.89 bits per heavy atom. The fraction of sp³-hybridized carbons (Fsp3) is 0.567. The fourth-order valence-electron chi connectivity index (χ4n) is 8.11. The van der Waals surface area contributed by atoms with Gasteiger partial charge in [-0.2, -0.15) is 0 Å². The van der Waals surface area contributed by atoms with Gasteiger partial charge in [0.2, 0.25) is 0 Å². The Kier molecular flexibility index (Phi) is 6.54. The van der Waals surface area contributed by atoms with Gasteiger partial charge < -0.3 is 14.7 Å². The maximum Gasteiger partial charge on any atom is 0.182 e. The molecule has 0 heterocycles. The highest BCUT2D eigenvalue weighted by atomic mass is 16.5. The molecule has 0 bridgehead atoms. The average molecular weight is 492 g/mol. The maximum absolute atomic E-state index is 12.3. The molecule has 5 atom stereocenters. The number of methoxy groups -OCH3 is 2. The average Bonchev–Trinajstić information content (AvgIpc) is 3.16. The third kappa shape index (κ3) is 3.72. The van der Waals surface area contributed by atoms with Gasteiger partial charge in [0.15, 0.2) is 17.3 Å². The van der Waals surface area contributed by atoms with Crippen molar-refractivity contribution < 1.29 is 24.3 Å². The first-order valence-electron chi connectivity index (χ1n) is 13.1. The molecule has 0 radical (unpaired) electrons. The third-order valence-corrected chi connectivity index (χ3v) is 9.81. The van der Waals surface area contributed by atoms with Crippen LogP contribution in [-0.2, 0) is 19.1 Å². The predicted octanol–water partition coefficient (Wildman–Crippen LogP) is 5.39. The highest BCUT2D eigenvalue weighted by Gasteiger charge is 2.63. The molecule has 0 saturated heterocycles. The van der Waals surface area contributed by atoms with Crippen molar-refractivity contribution >= 4 is 17.3 Å². The number of benzene rings is 1. The lowest BCUT2D eigenvalue weighted by atomic mass is 9.51. The summed E-state index contributed by atoms with van der Waals surface area (Å²) in [7, 11) is 3.59.